The monoisotopic (exact) mass is 454 g/mol. The summed E-state index contributed by atoms with van der Waals surface area (Å²) in [6.07, 6.45) is -6.70. The largest absolute Gasteiger partial charge is 0.387 e. The Hall–Kier alpha value is -0.440. The molecule has 3 rings (SSSR count). The summed E-state index contributed by atoms with van der Waals surface area (Å²) < 4.78 is 32.0. The Morgan fingerprint density at radius 2 is 1.26 bits per heavy atom. The van der Waals surface area contributed by atoms with E-state index < -0.39 is 66.4 Å². The van der Waals surface area contributed by atoms with Crippen LogP contribution in [-0.2, 0) is 28.4 Å². The van der Waals surface area contributed by atoms with Gasteiger partial charge in [0.2, 0.25) is 0 Å². The maximum atomic E-state index is 10.3. The van der Waals surface area contributed by atoms with E-state index in [4.69, 9.17) is 28.4 Å². The van der Waals surface area contributed by atoms with Crippen LogP contribution in [0.25, 0.3) is 0 Å². The van der Waals surface area contributed by atoms with Crippen LogP contribution in [0.2, 0.25) is 0 Å². The van der Waals surface area contributed by atoms with Gasteiger partial charge in [-0.15, -0.1) is 0 Å². The third-order valence-corrected chi connectivity index (χ3v) is 6.17. The number of hydrogen-bond acceptors (Lipinski definition) is 11. The molecule has 3 fully saturated rings. The van der Waals surface area contributed by atoms with Gasteiger partial charge in [0.05, 0.1) is 5.60 Å². The van der Waals surface area contributed by atoms with Crippen LogP contribution in [-0.4, -0.2) is 106 Å². The summed E-state index contributed by atoms with van der Waals surface area (Å²) in [5, 5.41) is 48.5. The average molecular weight is 455 g/mol. The number of methoxy groups -OCH3 is 2. The molecular formula is C20H38O11. The van der Waals surface area contributed by atoms with Gasteiger partial charge in [0, 0.05) is 20.6 Å². The summed E-state index contributed by atoms with van der Waals surface area (Å²) in [5.41, 5.74) is -0.771. The molecule has 0 bridgehead atoms. The number of rotatable bonds is 4. The Kier molecular flexibility index (Phi) is 8.49. The first-order valence-electron chi connectivity index (χ1n) is 10.5. The van der Waals surface area contributed by atoms with Crippen LogP contribution in [0.5, 0.6) is 0 Å². The molecule has 0 saturated carbocycles. The smallest absolute Gasteiger partial charge is 0.197 e. The van der Waals surface area contributed by atoms with Gasteiger partial charge >= 0.3 is 0 Å². The van der Waals surface area contributed by atoms with Gasteiger partial charge in [0.15, 0.2) is 24.2 Å². The number of fused-ring (bicyclic) bond motifs is 1. The average Bonchev–Trinajstić information content (AvgIpc) is 3.03. The van der Waals surface area contributed by atoms with Crippen molar-refractivity contribution >= 4 is 0 Å². The number of aliphatic hydroxyl groups is 5. The third-order valence-electron chi connectivity index (χ3n) is 6.17. The third kappa shape index (κ3) is 5.22. The van der Waals surface area contributed by atoms with Crippen molar-refractivity contribution in [2.75, 3.05) is 14.2 Å². The topological polar surface area (TPSA) is 157 Å². The van der Waals surface area contributed by atoms with Crippen LogP contribution in [0.15, 0.2) is 0 Å². The van der Waals surface area contributed by atoms with Crippen molar-refractivity contribution in [1.82, 2.24) is 0 Å². The zero-order valence-electron chi connectivity index (χ0n) is 19.2. The molecule has 0 spiro atoms. The fourth-order valence-electron chi connectivity index (χ4n) is 4.27. The highest BCUT2D eigenvalue weighted by atomic mass is 16.8. The van der Waals surface area contributed by atoms with Crippen molar-refractivity contribution in [2.45, 2.75) is 114 Å². The lowest BCUT2D eigenvalue weighted by Gasteiger charge is -2.46. The van der Waals surface area contributed by atoms with Crippen LogP contribution in [0.3, 0.4) is 0 Å². The summed E-state index contributed by atoms with van der Waals surface area (Å²) in [6.45, 7) is 8.84. The molecule has 3 saturated heterocycles. The molecule has 0 aliphatic carbocycles. The van der Waals surface area contributed by atoms with E-state index in [1.165, 1.54) is 14.2 Å². The summed E-state index contributed by atoms with van der Waals surface area (Å²) in [5.74, 6) is -2.38. The van der Waals surface area contributed by atoms with E-state index in [0.717, 1.165) is 0 Å². The highest BCUT2D eigenvalue weighted by molar-refractivity contribution is 4.99. The van der Waals surface area contributed by atoms with E-state index in [9.17, 15) is 25.5 Å². The van der Waals surface area contributed by atoms with Crippen molar-refractivity contribution < 1.29 is 54.0 Å². The molecule has 11 heteroatoms. The molecule has 5 N–H and O–H groups in total. The highest BCUT2D eigenvalue weighted by Crippen LogP contribution is 2.41. The van der Waals surface area contributed by atoms with Gasteiger partial charge in [0.1, 0.15) is 36.6 Å². The fourth-order valence-corrected chi connectivity index (χ4v) is 4.27. The zero-order valence-corrected chi connectivity index (χ0v) is 19.2. The summed E-state index contributed by atoms with van der Waals surface area (Å²) >= 11 is 0. The number of hydrogen-bond donors (Lipinski definition) is 5. The normalized spacial score (nSPS) is 49.2. The second-order valence-corrected chi connectivity index (χ2v) is 8.74. The molecule has 184 valence electrons. The van der Waals surface area contributed by atoms with E-state index in [-0.39, 0.29) is 6.42 Å². The number of aliphatic hydroxyl groups excluding tert-OH is 4. The maximum absolute atomic E-state index is 10.3. The standard InChI is InChI=1S/C11H20O6.C9H18O5/c1-5-11(13)8(14-4)6-7(9(12)17-11)16-10(2,3)15-6;1-4-9(2)7(13-3)5(10)6(11)8(12)14-9/h6-9,12-13H,5H2,1-4H3;5-8,10-12H,4H2,1-3H3/t6-,7+,8+,9?,11-;5-,6+,7+,8?,9-/m00/s1. The first kappa shape index (κ1) is 26.8. The number of ether oxygens (including phenoxy) is 6. The van der Waals surface area contributed by atoms with Gasteiger partial charge in [-0.25, -0.2) is 0 Å². The van der Waals surface area contributed by atoms with Crippen LogP contribution in [0.1, 0.15) is 47.5 Å². The van der Waals surface area contributed by atoms with Crippen molar-refractivity contribution in [3.05, 3.63) is 0 Å². The molecule has 31 heavy (non-hydrogen) atoms. The van der Waals surface area contributed by atoms with Gasteiger partial charge in [-0.05, 0) is 27.2 Å². The lowest BCUT2D eigenvalue weighted by atomic mass is 9.86. The second-order valence-electron chi connectivity index (χ2n) is 8.74. The van der Waals surface area contributed by atoms with E-state index in [1.54, 1.807) is 27.7 Å². The van der Waals surface area contributed by atoms with Crippen molar-refractivity contribution in [3.8, 4) is 0 Å². The molecule has 3 aliphatic rings. The lowest BCUT2D eigenvalue weighted by molar-refractivity contribution is -0.372. The Morgan fingerprint density at radius 1 is 0.710 bits per heavy atom. The molecule has 3 aliphatic heterocycles. The molecule has 0 radical (unpaired) electrons. The Morgan fingerprint density at radius 3 is 1.74 bits per heavy atom. The molecule has 11 nitrogen and oxygen atoms in total. The predicted octanol–water partition coefficient (Wildman–Crippen LogP) is -0.791. The van der Waals surface area contributed by atoms with Crippen LogP contribution in [0.4, 0.5) is 0 Å². The summed E-state index contributed by atoms with van der Waals surface area (Å²) in [7, 11) is 2.91. The first-order chi connectivity index (χ1) is 14.3. The SMILES string of the molecule is CC[C@]1(C)OC(O)[C@H](O)[C@H](O)[C@H]1OC.CC[C@]1(O)OC(O)[C@@H]2OC(C)(C)O[C@@H]2[C@H]1OC. The predicted molar refractivity (Wildman–Crippen MR) is 106 cm³/mol. The fraction of sp³-hybridized carbons (Fsp3) is 1.00. The van der Waals surface area contributed by atoms with E-state index in [1.807, 2.05) is 6.92 Å². The lowest BCUT2D eigenvalue weighted by Crippen LogP contribution is -2.63. The molecule has 0 amide bonds. The minimum atomic E-state index is -1.56. The maximum Gasteiger partial charge on any atom is 0.197 e. The van der Waals surface area contributed by atoms with Crippen molar-refractivity contribution in [2.24, 2.45) is 0 Å². The van der Waals surface area contributed by atoms with Gasteiger partial charge in [-0.2, -0.15) is 0 Å². The minimum Gasteiger partial charge on any atom is -0.387 e. The Balaban J connectivity index is 0.000000225. The Labute approximate surface area is 182 Å². The highest BCUT2D eigenvalue weighted by Gasteiger charge is 2.60. The molecule has 0 aromatic heterocycles. The zero-order chi connectivity index (χ0) is 23.8. The van der Waals surface area contributed by atoms with Gasteiger partial charge in [-0.3, -0.25) is 0 Å². The molecule has 3 heterocycles. The molecule has 10 atom stereocenters. The molecular weight excluding hydrogens is 416 g/mol. The van der Waals surface area contributed by atoms with Crippen LogP contribution < -0.4 is 0 Å². The van der Waals surface area contributed by atoms with E-state index in [2.05, 4.69) is 0 Å². The first-order valence-corrected chi connectivity index (χ1v) is 10.5. The van der Waals surface area contributed by atoms with Crippen LogP contribution in [0, 0.1) is 0 Å². The molecule has 0 aromatic rings. The van der Waals surface area contributed by atoms with E-state index in [0.29, 0.717) is 6.42 Å². The van der Waals surface area contributed by atoms with Crippen LogP contribution >= 0.6 is 0 Å². The van der Waals surface area contributed by atoms with Crippen molar-refractivity contribution in [3.63, 3.8) is 0 Å². The molecule has 2 unspecified atom stereocenters. The summed E-state index contributed by atoms with van der Waals surface area (Å²) in [6, 6.07) is 0. The minimum absolute atomic E-state index is 0.287. The molecule has 0 aromatic carbocycles. The quantitative estimate of drug-likeness (QED) is 0.363. The van der Waals surface area contributed by atoms with Gasteiger partial charge in [0.25, 0.3) is 0 Å². The van der Waals surface area contributed by atoms with Gasteiger partial charge in [-0.1, -0.05) is 13.8 Å². The van der Waals surface area contributed by atoms with Crippen molar-refractivity contribution in [1.29, 1.82) is 0 Å². The summed E-state index contributed by atoms with van der Waals surface area (Å²) in [4.78, 5) is 0. The Bertz CT molecular complexity index is 589. The van der Waals surface area contributed by atoms with E-state index >= 15 is 0 Å². The second kappa shape index (κ2) is 9.82. The van der Waals surface area contributed by atoms with Gasteiger partial charge < -0.3 is 54.0 Å².